The van der Waals surface area contributed by atoms with Gasteiger partial charge in [0.2, 0.25) is 11.8 Å². The Morgan fingerprint density at radius 2 is 1.83 bits per heavy atom. The Morgan fingerprint density at radius 1 is 1.00 bits per heavy atom. The highest BCUT2D eigenvalue weighted by molar-refractivity contribution is 7.09. The second-order valence-corrected chi connectivity index (χ2v) is 11.4. The molecule has 216 valence electrons. The quantitative estimate of drug-likeness (QED) is 0.249. The number of ether oxygens (including phenoxy) is 1. The predicted molar refractivity (Wildman–Crippen MR) is 161 cm³/mol. The van der Waals surface area contributed by atoms with E-state index < -0.39 is 23.9 Å². The number of fused-ring (bicyclic) bond motifs is 1. The van der Waals surface area contributed by atoms with Crippen LogP contribution in [0.3, 0.4) is 0 Å². The summed E-state index contributed by atoms with van der Waals surface area (Å²) in [7, 11) is 0. The molecule has 0 fully saturated rings. The molecule has 3 aromatic carbocycles. The highest BCUT2D eigenvalue weighted by Crippen LogP contribution is 2.41. The third-order valence-corrected chi connectivity index (χ3v) is 7.99. The minimum absolute atomic E-state index is 0.0181. The third kappa shape index (κ3) is 7.05. The molecule has 0 radical (unpaired) electrons. The summed E-state index contributed by atoms with van der Waals surface area (Å²) in [5.41, 5.74) is 3.24. The van der Waals surface area contributed by atoms with Gasteiger partial charge in [0.25, 0.3) is 5.91 Å². The average Bonchev–Trinajstić information content (AvgIpc) is 3.46. The summed E-state index contributed by atoms with van der Waals surface area (Å²) in [4.78, 5) is 41.3. The lowest BCUT2D eigenvalue weighted by molar-refractivity contribution is -0.138. The van der Waals surface area contributed by atoms with Crippen molar-refractivity contribution in [2.75, 3.05) is 4.90 Å². The number of thiophene rings is 1. The number of carbonyl (C=O) groups excluding carboxylic acids is 3. The first-order valence-electron chi connectivity index (χ1n) is 13.4. The van der Waals surface area contributed by atoms with E-state index in [0.29, 0.717) is 28.4 Å². The van der Waals surface area contributed by atoms with E-state index in [2.05, 4.69) is 10.6 Å². The molecule has 10 heteroatoms. The molecule has 1 aliphatic heterocycles. The van der Waals surface area contributed by atoms with E-state index in [0.717, 1.165) is 16.0 Å². The van der Waals surface area contributed by atoms with Crippen molar-refractivity contribution in [1.82, 2.24) is 10.6 Å². The van der Waals surface area contributed by atoms with Crippen LogP contribution in [-0.2, 0) is 38.8 Å². The molecule has 2 unspecified atom stereocenters. The van der Waals surface area contributed by atoms with Crippen molar-refractivity contribution >= 4 is 46.3 Å². The van der Waals surface area contributed by atoms with Gasteiger partial charge in [-0.2, -0.15) is 0 Å². The molecule has 0 spiro atoms. The Hall–Kier alpha value is -4.05. The third-order valence-electron chi connectivity index (χ3n) is 6.90. The lowest BCUT2D eigenvalue weighted by atomic mass is 9.97. The van der Waals surface area contributed by atoms with E-state index in [1.54, 1.807) is 41.3 Å². The number of nitrogens with zero attached hydrogens (tertiary/aromatic N) is 1. The molecular weight excluding hydrogens is 577 g/mol. The standard InChI is InChI=1S/C32H29ClFN3O4S/c1-20(38)35-17-21-6-4-8-22(14-21)31-26-15-24(33)11-12-28(26)37(19-25-9-5-13-42-25)32(40)29(41-31)16-30(39)36-18-23-7-2-3-10-27(23)34/h2-15,29,31H,16-19H2,1H3,(H,35,38)(H,36,39). The number of amides is 3. The highest BCUT2D eigenvalue weighted by Gasteiger charge is 2.38. The first-order chi connectivity index (χ1) is 20.3. The smallest absolute Gasteiger partial charge is 0.257 e. The normalized spacial score (nSPS) is 16.5. The van der Waals surface area contributed by atoms with E-state index in [-0.39, 0.29) is 31.3 Å². The minimum atomic E-state index is -1.14. The molecule has 0 bridgehead atoms. The van der Waals surface area contributed by atoms with Crippen molar-refractivity contribution < 1.29 is 23.5 Å². The molecular formula is C32H29ClFN3O4S. The van der Waals surface area contributed by atoms with Crippen molar-refractivity contribution in [3.63, 3.8) is 0 Å². The Morgan fingerprint density at radius 3 is 2.60 bits per heavy atom. The molecule has 0 aliphatic carbocycles. The van der Waals surface area contributed by atoms with Crippen LogP contribution in [0, 0.1) is 5.82 Å². The second kappa shape index (κ2) is 13.3. The van der Waals surface area contributed by atoms with Gasteiger partial charge in [-0.3, -0.25) is 14.4 Å². The van der Waals surface area contributed by atoms with Crippen LogP contribution in [0.2, 0.25) is 5.02 Å². The summed E-state index contributed by atoms with van der Waals surface area (Å²) in [6.07, 6.45) is -2.14. The number of halogens is 2. The summed E-state index contributed by atoms with van der Waals surface area (Å²) >= 11 is 7.98. The van der Waals surface area contributed by atoms with Crippen LogP contribution in [0.1, 0.15) is 46.6 Å². The van der Waals surface area contributed by atoms with Gasteiger partial charge in [0, 0.05) is 41.0 Å². The van der Waals surface area contributed by atoms with E-state index in [4.69, 9.17) is 16.3 Å². The lowest BCUT2D eigenvalue weighted by Gasteiger charge is -2.24. The van der Waals surface area contributed by atoms with Crippen molar-refractivity contribution in [2.45, 2.75) is 45.2 Å². The summed E-state index contributed by atoms with van der Waals surface area (Å²) in [5, 5.41) is 7.93. The van der Waals surface area contributed by atoms with Crippen LogP contribution in [0.5, 0.6) is 0 Å². The zero-order valence-corrected chi connectivity index (χ0v) is 24.4. The van der Waals surface area contributed by atoms with Crippen LogP contribution in [0.25, 0.3) is 0 Å². The largest absolute Gasteiger partial charge is 0.355 e. The van der Waals surface area contributed by atoms with Gasteiger partial charge in [-0.25, -0.2) is 4.39 Å². The molecule has 5 rings (SSSR count). The monoisotopic (exact) mass is 605 g/mol. The topological polar surface area (TPSA) is 87.7 Å². The van der Waals surface area contributed by atoms with Crippen molar-refractivity contribution in [2.24, 2.45) is 0 Å². The fourth-order valence-corrected chi connectivity index (χ4v) is 5.73. The minimum Gasteiger partial charge on any atom is -0.355 e. The fraction of sp³-hybridized carbons (Fsp3) is 0.219. The van der Waals surface area contributed by atoms with Crippen LogP contribution < -0.4 is 15.5 Å². The maximum absolute atomic E-state index is 14.1. The summed E-state index contributed by atoms with van der Waals surface area (Å²) < 4.78 is 20.6. The number of nitrogens with one attached hydrogen (secondary N) is 2. The highest BCUT2D eigenvalue weighted by atomic mass is 35.5. The number of rotatable bonds is 9. The van der Waals surface area contributed by atoms with Crippen LogP contribution >= 0.6 is 22.9 Å². The van der Waals surface area contributed by atoms with Gasteiger partial charge in [-0.1, -0.05) is 60.1 Å². The number of hydrogen-bond donors (Lipinski definition) is 2. The molecule has 0 saturated heterocycles. The number of anilines is 1. The van der Waals surface area contributed by atoms with Crippen LogP contribution in [-0.4, -0.2) is 23.8 Å². The van der Waals surface area contributed by atoms with Crippen molar-refractivity contribution in [3.8, 4) is 0 Å². The van der Waals surface area contributed by atoms with Gasteiger partial charge >= 0.3 is 0 Å². The first kappa shape index (κ1) is 29.4. The van der Waals surface area contributed by atoms with Gasteiger partial charge in [0.05, 0.1) is 18.7 Å². The number of hydrogen-bond acceptors (Lipinski definition) is 5. The summed E-state index contributed by atoms with van der Waals surface area (Å²) in [5.74, 6) is -1.40. The average molecular weight is 606 g/mol. The van der Waals surface area contributed by atoms with E-state index in [9.17, 15) is 18.8 Å². The molecule has 4 aromatic rings. The zero-order valence-electron chi connectivity index (χ0n) is 22.8. The van der Waals surface area contributed by atoms with Crippen LogP contribution in [0.4, 0.5) is 10.1 Å². The van der Waals surface area contributed by atoms with E-state index >= 15 is 0 Å². The molecule has 2 heterocycles. The van der Waals surface area contributed by atoms with Crippen molar-refractivity contribution in [3.05, 3.63) is 122 Å². The summed E-state index contributed by atoms with van der Waals surface area (Å²) in [6.45, 7) is 2.04. The first-order valence-corrected chi connectivity index (χ1v) is 14.7. The predicted octanol–water partition coefficient (Wildman–Crippen LogP) is 5.90. The van der Waals surface area contributed by atoms with Gasteiger partial charge in [0.15, 0.2) is 0 Å². The van der Waals surface area contributed by atoms with Crippen molar-refractivity contribution in [1.29, 1.82) is 0 Å². The fourth-order valence-electron chi connectivity index (χ4n) is 4.85. The van der Waals surface area contributed by atoms with Gasteiger partial charge in [0.1, 0.15) is 18.0 Å². The molecule has 3 amide bonds. The Labute approximate surface area is 252 Å². The molecule has 1 aromatic heterocycles. The van der Waals surface area contributed by atoms with E-state index in [1.165, 1.54) is 24.3 Å². The Balaban J connectivity index is 1.50. The van der Waals surface area contributed by atoms with E-state index in [1.807, 2.05) is 41.8 Å². The number of benzene rings is 3. The maximum Gasteiger partial charge on any atom is 0.257 e. The molecule has 42 heavy (non-hydrogen) atoms. The van der Waals surface area contributed by atoms with Gasteiger partial charge in [-0.05, 0) is 46.8 Å². The molecule has 1 aliphatic rings. The zero-order chi connectivity index (χ0) is 29.6. The second-order valence-electron chi connectivity index (χ2n) is 9.94. The summed E-state index contributed by atoms with van der Waals surface area (Å²) in [6, 6.07) is 22.9. The van der Waals surface area contributed by atoms with Crippen LogP contribution in [0.15, 0.2) is 84.2 Å². The molecule has 2 atom stereocenters. The SMILES string of the molecule is CC(=O)NCc1cccc(C2OC(CC(=O)NCc3ccccc3F)C(=O)N(Cc3cccs3)c3ccc(Cl)cc32)c1. The Kier molecular flexibility index (Phi) is 9.31. The lowest BCUT2D eigenvalue weighted by Crippen LogP contribution is -2.41. The molecule has 2 N–H and O–H groups in total. The molecule has 0 saturated carbocycles. The Bertz CT molecular complexity index is 1600. The van der Waals surface area contributed by atoms with Gasteiger partial charge in [-0.15, -0.1) is 11.3 Å². The number of carbonyl (C=O) groups is 3. The van der Waals surface area contributed by atoms with Gasteiger partial charge < -0.3 is 20.3 Å². The molecule has 7 nitrogen and oxygen atoms in total. The maximum atomic E-state index is 14.1.